The van der Waals surface area contributed by atoms with Crippen LogP contribution in [0, 0.1) is 5.92 Å². The molecule has 106 valence electrons. The molecular formula is C14H22N2O3. The van der Waals surface area contributed by atoms with Gasteiger partial charge in [0.15, 0.2) is 11.5 Å². The van der Waals surface area contributed by atoms with Gasteiger partial charge in [0.05, 0.1) is 13.7 Å². The van der Waals surface area contributed by atoms with E-state index in [9.17, 15) is 4.79 Å². The zero-order valence-corrected chi connectivity index (χ0v) is 11.9. The second-order valence-electron chi connectivity index (χ2n) is 4.25. The molecule has 0 fully saturated rings. The van der Waals surface area contributed by atoms with E-state index in [1.165, 1.54) is 0 Å². The average molecular weight is 266 g/mol. The van der Waals surface area contributed by atoms with E-state index >= 15 is 0 Å². The van der Waals surface area contributed by atoms with E-state index in [0.29, 0.717) is 30.3 Å². The molecule has 1 unspecified atom stereocenters. The maximum atomic E-state index is 11.9. The molecule has 0 saturated carbocycles. The summed E-state index contributed by atoms with van der Waals surface area (Å²) in [6.07, 6.45) is 0. The number of nitrogens with one attached hydrogen (secondary N) is 2. The maximum Gasteiger partial charge on any atom is 0.228 e. The number of hydrogen-bond donors (Lipinski definition) is 2. The normalized spacial score (nSPS) is 11.8. The van der Waals surface area contributed by atoms with E-state index in [-0.39, 0.29) is 11.8 Å². The van der Waals surface area contributed by atoms with Crippen LogP contribution in [-0.4, -0.2) is 33.2 Å². The van der Waals surface area contributed by atoms with Gasteiger partial charge in [-0.15, -0.1) is 0 Å². The smallest absolute Gasteiger partial charge is 0.228 e. The van der Waals surface area contributed by atoms with E-state index in [4.69, 9.17) is 9.47 Å². The molecule has 5 nitrogen and oxygen atoms in total. The van der Waals surface area contributed by atoms with Gasteiger partial charge in [-0.2, -0.15) is 0 Å². The van der Waals surface area contributed by atoms with Crippen molar-refractivity contribution in [3.63, 3.8) is 0 Å². The highest BCUT2D eigenvalue weighted by atomic mass is 16.5. The van der Waals surface area contributed by atoms with Gasteiger partial charge in [-0.3, -0.25) is 4.79 Å². The quantitative estimate of drug-likeness (QED) is 0.791. The third-order valence-electron chi connectivity index (χ3n) is 2.69. The highest BCUT2D eigenvalue weighted by Gasteiger charge is 2.13. The van der Waals surface area contributed by atoms with Crippen molar-refractivity contribution < 1.29 is 14.3 Å². The highest BCUT2D eigenvalue weighted by Crippen LogP contribution is 2.30. The predicted octanol–water partition coefficient (Wildman–Crippen LogP) is 1.89. The van der Waals surface area contributed by atoms with Crippen LogP contribution in [0.15, 0.2) is 18.2 Å². The van der Waals surface area contributed by atoms with Crippen molar-refractivity contribution in [2.24, 2.45) is 5.92 Å². The van der Waals surface area contributed by atoms with Crippen molar-refractivity contribution in [3.05, 3.63) is 18.2 Å². The molecule has 1 aromatic rings. The fraction of sp³-hybridized carbons (Fsp3) is 0.500. The molecule has 1 amide bonds. The molecule has 1 rings (SSSR count). The van der Waals surface area contributed by atoms with Crippen LogP contribution < -0.4 is 20.1 Å². The number of ether oxygens (including phenoxy) is 2. The number of hydrogen-bond acceptors (Lipinski definition) is 4. The molecule has 0 bridgehead atoms. The van der Waals surface area contributed by atoms with Crippen LogP contribution in [0.3, 0.4) is 0 Å². The van der Waals surface area contributed by atoms with Gasteiger partial charge in [-0.1, -0.05) is 6.92 Å². The highest BCUT2D eigenvalue weighted by molar-refractivity contribution is 5.92. The molecule has 19 heavy (non-hydrogen) atoms. The first kappa shape index (κ1) is 15.3. The second-order valence-corrected chi connectivity index (χ2v) is 4.25. The SMILES string of the molecule is CCOc1ccc(NC(=O)C(C)CNC)cc1OC. The van der Waals surface area contributed by atoms with E-state index in [1.807, 2.05) is 20.9 Å². The summed E-state index contributed by atoms with van der Waals surface area (Å²) in [7, 11) is 3.40. The molecule has 0 aliphatic carbocycles. The van der Waals surface area contributed by atoms with E-state index in [2.05, 4.69) is 10.6 Å². The molecule has 0 heterocycles. The van der Waals surface area contributed by atoms with E-state index in [0.717, 1.165) is 0 Å². The minimum Gasteiger partial charge on any atom is -0.493 e. The first-order chi connectivity index (χ1) is 9.12. The molecule has 0 radical (unpaired) electrons. The number of amides is 1. The van der Waals surface area contributed by atoms with Crippen molar-refractivity contribution in [3.8, 4) is 11.5 Å². The first-order valence-electron chi connectivity index (χ1n) is 6.38. The zero-order valence-electron chi connectivity index (χ0n) is 11.9. The van der Waals surface area contributed by atoms with E-state index in [1.54, 1.807) is 25.3 Å². The fourth-order valence-electron chi connectivity index (χ4n) is 1.68. The van der Waals surface area contributed by atoms with Crippen LogP contribution >= 0.6 is 0 Å². The standard InChI is InChI=1S/C14H22N2O3/c1-5-19-12-7-6-11(8-13(12)18-4)16-14(17)10(2)9-15-3/h6-8,10,15H,5,9H2,1-4H3,(H,16,17). The number of carbonyl (C=O) groups excluding carboxylic acids is 1. The lowest BCUT2D eigenvalue weighted by atomic mass is 10.1. The third-order valence-corrected chi connectivity index (χ3v) is 2.69. The Bertz CT molecular complexity index is 421. The number of carbonyl (C=O) groups is 1. The lowest BCUT2D eigenvalue weighted by molar-refractivity contribution is -0.119. The molecule has 0 aliphatic rings. The summed E-state index contributed by atoms with van der Waals surface area (Å²) in [6, 6.07) is 5.35. The molecule has 2 N–H and O–H groups in total. The van der Waals surface area contributed by atoms with Crippen LogP contribution in [0.5, 0.6) is 11.5 Å². The number of benzene rings is 1. The second kappa shape index (κ2) is 7.63. The predicted molar refractivity (Wildman–Crippen MR) is 75.9 cm³/mol. The van der Waals surface area contributed by atoms with Crippen molar-refractivity contribution in [1.29, 1.82) is 0 Å². The molecule has 5 heteroatoms. The van der Waals surface area contributed by atoms with E-state index < -0.39 is 0 Å². The minimum atomic E-state index is -0.0948. The van der Waals surface area contributed by atoms with Crippen LogP contribution in [0.25, 0.3) is 0 Å². The summed E-state index contributed by atoms with van der Waals surface area (Å²) >= 11 is 0. The summed E-state index contributed by atoms with van der Waals surface area (Å²) in [5, 5.41) is 5.83. The van der Waals surface area contributed by atoms with Crippen LogP contribution in [0.4, 0.5) is 5.69 Å². The Morgan fingerprint density at radius 1 is 1.37 bits per heavy atom. The summed E-state index contributed by atoms with van der Waals surface area (Å²) in [5.74, 6) is 1.16. The third kappa shape index (κ3) is 4.44. The molecule has 1 aromatic carbocycles. The molecule has 0 saturated heterocycles. The van der Waals surface area contributed by atoms with Crippen molar-refractivity contribution in [2.45, 2.75) is 13.8 Å². The summed E-state index contributed by atoms with van der Waals surface area (Å²) in [6.45, 7) is 4.99. The lowest BCUT2D eigenvalue weighted by Gasteiger charge is -2.14. The van der Waals surface area contributed by atoms with Crippen LogP contribution in [0.1, 0.15) is 13.8 Å². The van der Waals surface area contributed by atoms with Gasteiger partial charge in [0, 0.05) is 24.2 Å². The number of methoxy groups -OCH3 is 1. The summed E-state index contributed by atoms with van der Waals surface area (Å²) in [4.78, 5) is 11.9. The van der Waals surface area contributed by atoms with Crippen molar-refractivity contribution in [2.75, 3.05) is 32.6 Å². The minimum absolute atomic E-state index is 0.0273. The number of anilines is 1. The van der Waals surface area contributed by atoms with Gasteiger partial charge < -0.3 is 20.1 Å². The van der Waals surface area contributed by atoms with Gasteiger partial charge in [0.1, 0.15) is 0 Å². The Morgan fingerprint density at radius 3 is 2.68 bits per heavy atom. The van der Waals surface area contributed by atoms with Gasteiger partial charge in [0.25, 0.3) is 0 Å². The molecule has 0 aromatic heterocycles. The lowest BCUT2D eigenvalue weighted by Crippen LogP contribution is -2.28. The molecule has 0 aliphatic heterocycles. The van der Waals surface area contributed by atoms with Gasteiger partial charge in [-0.25, -0.2) is 0 Å². The van der Waals surface area contributed by atoms with Gasteiger partial charge in [-0.05, 0) is 26.1 Å². The van der Waals surface area contributed by atoms with Crippen molar-refractivity contribution >= 4 is 11.6 Å². The maximum absolute atomic E-state index is 11.9. The number of rotatable bonds is 7. The molecular weight excluding hydrogens is 244 g/mol. The van der Waals surface area contributed by atoms with Gasteiger partial charge >= 0.3 is 0 Å². The fourth-order valence-corrected chi connectivity index (χ4v) is 1.68. The Kier molecular flexibility index (Phi) is 6.15. The Hall–Kier alpha value is -1.75. The van der Waals surface area contributed by atoms with Crippen molar-refractivity contribution in [1.82, 2.24) is 5.32 Å². The van der Waals surface area contributed by atoms with Crippen LogP contribution in [-0.2, 0) is 4.79 Å². The largest absolute Gasteiger partial charge is 0.493 e. The topological polar surface area (TPSA) is 59.6 Å². The average Bonchev–Trinajstić information content (AvgIpc) is 2.41. The molecule has 1 atom stereocenters. The Morgan fingerprint density at radius 2 is 2.11 bits per heavy atom. The van der Waals surface area contributed by atoms with Crippen LogP contribution in [0.2, 0.25) is 0 Å². The molecule has 0 spiro atoms. The van der Waals surface area contributed by atoms with Gasteiger partial charge in [0.2, 0.25) is 5.91 Å². The Labute approximate surface area is 114 Å². The summed E-state index contributed by atoms with van der Waals surface area (Å²) in [5.41, 5.74) is 0.702. The Balaban J connectivity index is 2.76. The first-order valence-corrected chi connectivity index (χ1v) is 6.38. The zero-order chi connectivity index (χ0) is 14.3. The summed E-state index contributed by atoms with van der Waals surface area (Å²) < 4.78 is 10.7. The monoisotopic (exact) mass is 266 g/mol.